The van der Waals surface area contributed by atoms with Crippen LogP contribution in [0.15, 0.2) is 30.3 Å². The molecule has 7 nitrogen and oxygen atoms in total. The van der Waals surface area contributed by atoms with Crippen molar-refractivity contribution in [3.8, 4) is 11.4 Å². The van der Waals surface area contributed by atoms with Gasteiger partial charge in [-0.05, 0) is 31.4 Å². The number of aryl methyl sites for hydroxylation is 1. The van der Waals surface area contributed by atoms with Crippen LogP contribution in [0.5, 0.6) is 0 Å². The van der Waals surface area contributed by atoms with Gasteiger partial charge in [-0.15, -0.1) is 10.2 Å². The molecule has 0 aliphatic carbocycles. The fraction of sp³-hybridized carbons (Fsp3) is 0.556. The minimum Gasteiger partial charge on any atom is -0.377 e. The third-order valence-electron chi connectivity index (χ3n) is 4.37. The average molecular weight is 343 g/mol. The number of nitrogens with zero attached hydrogens (tertiary/aromatic N) is 5. The third-order valence-corrected chi connectivity index (χ3v) is 4.37. The number of benzene rings is 1. The highest BCUT2D eigenvalue weighted by Crippen LogP contribution is 2.15. The molecular weight excluding hydrogens is 318 g/mol. The monoisotopic (exact) mass is 343 g/mol. The lowest BCUT2D eigenvalue weighted by Crippen LogP contribution is -2.43. The minimum absolute atomic E-state index is 0.188. The largest absolute Gasteiger partial charge is 0.377 e. The summed E-state index contributed by atoms with van der Waals surface area (Å²) in [5.74, 6) is 0.801. The maximum atomic E-state index is 12.4. The Hall–Kier alpha value is -2.28. The summed E-state index contributed by atoms with van der Waals surface area (Å²) >= 11 is 0. The third kappa shape index (κ3) is 4.85. The van der Waals surface area contributed by atoms with E-state index in [1.165, 1.54) is 0 Å². The molecule has 1 aromatic heterocycles. The SMILES string of the molecule is CCO[C@H]1CCCN(C(=O)CCCn2nnc(-c3ccccc3)n2)C1. The number of ether oxygens (including phenoxy) is 1. The summed E-state index contributed by atoms with van der Waals surface area (Å²) in [4.78, 5) is 15.9. The molecule has 1 saturated heterocycles. The molecule has 25 heavy (non-hydrogen) atoms. The van der Waals surface area contributed by atoms with Crippen LogP contribution in [0.4, 0.5) is 0 Å². The Labute approximate surface area is 148 Å². The number of amides is 1. The molecule has 1 aliphatic heterocycles. The average Bonchev–Trinajstić information content (AvgIpc) is 3.12. The van der Waals surface area contributed by atoms with Crippen LogP contribution in [-0.2, 0) is 16.1 Å². The first-order valence-electron chi connectivity index (χ1n) is 8.99. The van der Waals surface area contributed by atoms with Gasteiger partial charge in [0.25, 0.3) is 0 Å². The topological polar surface area (TPSA) is 73.1 Å². The van der Waals surface area contributed by atoms with E-state index in [1.807, 2.05) is 42.2 Å². The van der Waals surface area contributed by atoms with Crippen molar-refractivity contribution >= 4 is 5.91 Å². The van der Waals surface area contributed by atoms with Gasteiger partial charge in [0, 0.05) is 31.7 Å². The van der Waals surface area contributed by atoms with Gasteiger partial charge in [-0.2, -0.15) is 4.80 Å². The zero-order valence-corrected chi connectivity index (χ0v) is 14.7. The molecule has 1 amide bonds. The summed E-state index contributed by atoms with van der Waals surface area (Å²) in [6.45, 7) is 4.84. The molecule has 0 radical (unpaired) electrons. The summed E-state index contributed by atoms with van der Waals surface area (Å²) in [6, 6.07) is 9.76. The first kappa shape index (κ1) is 17.5. The van der Waals surface area contributed by atoms with Gasteiger partial charge in [-0.25, -0.2) is 0 Å². The number of carbonyl (C=O) groups excluding carboxylic acids is 1. The molecule has 0 N–H and O–H groups in total. The van der Waals surface area contributed by atoms with Crippen molar-refractivity contribution in [3.05, 3.63) is 30.3 Å². The highest BCUT2D eigenvalue weighted by Gasteiger charge is 2.23. The molecule has 0 bridgehead atoms. The van der Waals surface area contributed by atoms with Gasteiger partial charge in [-0.1, -0.05) is 30.3 Å². The maximum absolute atomic E-state index is 12.4. The molecular formula is C18H25N5O2. The number of piperidine rings is 1. The lowest BCUT2D eigenvalue weighted by Gasteiger charge is -2.32. The normalized spacial score (nSPS) is 17.6. The Morgan fingerprint density at radius 2 is 2.16 bits per heavy atom. The lowest BCUT2D eigenvalue weighted by molar-refractivity contribution is -0.135. The Morgan fingerprint density at radius 1 is 1.32 bits per heavy atom. The van der Waals surface area contributed by atoms with Crippen LogP contribution >= 0.6 is 0 Å². The van der Waals surface area contributed by atoms with E-state index in [4.69, 9.17) is 4.74 Å². The van der Waals surface area contributed by atoms with E-state index in [2.05, 4.69) is 15.4 Å². The van der Waals surface area contributed by atoms with Gasteiger partial charge in [0.15, 0.2) is 0 Å². The maximum Gasteiger partial charge on any atom is 0.222 e. The highest BCUT2D eigenvalue weighted by atomic mass is 16.5. The predicted octanol–water partition coefficient (Wildman–Crippen LogP) is 2.15. The van der Waals surface area contributed by atoms with Crippen molar-refractivity contribution in [1.82, 2.24) is 25.1 Å². The van der Waals surface area contributed by atoms with Gasteiger partial charge in [0.2, 0.25) is 11.7 Å². The standard InChI is InChI=1S/C18H25N5O2/c1-2-25-16-10-6-12-22(14-16)17(24)11-7-13-23-20-18(19-21-23)15-8-4-3-5-9-15/h3-5,8-9,16H,2,6-7,10-14H2,1H3/t16-/m0/s1. The number of hydrogen-bond acceptors (Lipinski definition) is 5. The molecule has 0 unspecified atom stereocenters. The summed E-state index contributed by atoms with van der Waals surface area (Å²) in [5.41, 5.74) is 0.945. The lowest BCUT2D eigenvalue weighted by atomic mass is 10.1. The number of tetrazole rings is 1. The molecule has 1 fully saturated rings. The van der Waals surface area contributed by atoms with E-state index in [0.29, 0.717) is 38.4 Å². The summed E-state index contributed by atoms with van der Waals surface area (Å²) in [7, 11) is 0. The van der Waals surface area contributed by atoms with Crippen molar-refractivity contribution in [2.75, 3.05) is 19.7 Å². The molecule has 0 spiro atoms. The Kier molecular flexibility index (Phi) is 6.11. The van der Waals surface area contributed by atoms with Crippen molar-refractivity contribution in [3.63, 3.8) is 0 Å². The van der Waals surface area contributed by atoms with Crippen LogP contribution in [0.25, 0.3) is 11.4 Å². The zero-order valence-electron chi connectivity index (χ0n) is 14.7. The van der Waals surface area contributed by atoms with Crippen LogP contribution in [0.1, 0.15) is 32.6 Å². The summed E-state index contributed by atoms with van der Waals surface area (Å²) < 4.78 is 5.66. The van der Waals surface area contributed by atoms with Crippen molar-refractivity contribution < 1.29 is 9.53 Å². The van der Waals surface area contributed by atoms with Gasteiger partial charge in [0.05, 0.1) is 12.6 Å². The van der Waals surface area contributed by atoms with Crippen LogP contribution in [-0.4, -0.2) is 56.8 Å². The van der Waals surface area contributed by atoms with E-state index in [-0.39, 0.29) is 12.0 Å². The molecule has 2 aromatic rings. The fourth-order valence-electron chi connectivity index (χ4n) is 3.11. The Bertz CT molecular complexity index is 671. The van der Waals surface area contributed by atoms with Gasteiger partial charge < -0.3 is 9.64 Å². The smallest absolute Gasteiger partial charge is 0.222 e. The molecule has 134 valence electrons. The van der Waals surface area contributed by atoms with Crippen molar-refractivity contribution in [1.29, 1.82) is 0 Å². The van der Waals surface area contributed by atoms with Gasteiger partial charge in [0.1, 0.15) is 0 Å². The highest BCUT2D eigenvalue weighted by molar-refractivity contribution is 5.76. The van der Waals surface area contributed by atoms with E-state index in [9.17, 15) is 4.79 Å². The number of likely N-dealkylation sites (tertiary alicyclic amines) is 1. The van der Waals surface area contributed by atoms with Crippen molar-refractivity contribution in [2.24, 2.45) is 0 Å². The van der Waals surface area contributed by atoms with Gasteiger partial charge >= 0.3 is 0 Å². The van der Waals surface area contributed by atoms with E-state index in [1.54, 1.807) is 4.80 Å². The van der Waals surface area contributed by atoms with Crippen LogP contribution < -0.4 is 0 Å². The number of carbonyl (C=O) groups is 1. The second-order valence-electron chi connectivity index (χ2n) is 6.24. The minimum atomic E-state index is 0.188. The molecule has 3 rings (SSSR count). The summed E-state index contributed by atoms with van der Waals surface area (Å²) in [5, 5.41) is 12.5. The fourth-order valence-corrected chi connectivity index (χ4v) is 3.11. The summed E-state index contributed by atoms with van der Waals surface area (Å²) in [6.07, 6.45) is 3.46. The molecule has 1 atom stereocenters. The molecule has 2 heterocycles. The first-order valence-corrected chi connectivity index (χ1v) is 8.99. The molecule has 0 saturated carbocycles. The predicted molar refractivity (Wildman–Crippen MR) is 93.7 cm³/mol. The molecule has 1 aliphatic rings. The van der Waals surface area contributed by atoms with E-state index >= 15 is 0 Å². The van der Waals surface area contributed by atoms with E-state index < -0.39 is 0 Å². The van der Waals surface area contributed by atoms with Crippen molar-refractivity contribution in [2.45, 2.75) is 45.3 Å². The van der Waals surface area contributed by atoms with E-state index in [0.717, 1.165) is 24.9 Å². The first-order chi connectivity index (χ1) is 12.3. The second-order valence-corrected chi connectivity index (χ2v) is 6.24. The Balaban J connectivity index is 1.45. The second kappa shape index (κ2) is 8.71. The zero-order chi connectivity index (χ0) is 17.5. The molecule has 7 heteroatoms. The Morgan fingerprint density at radius 3 is 2.96 bits per heavy atom. The number of aromatic nitrogens is 4. The van der Waals surface area contributed by atoms with Gasteiger partial charge in [-0.3, -0.25) is 4.79 Å². The van der Waals surface area contributed by atoms with Crippen LogP contribution in [0.3, 0.4) is 0 Å². The van der Waals surface area contributed by atoms with Crippen LogP contribution in [0, 0.1) is 0 Å². The van der Waals surface area contributed by atoms with Crippen LogP contribution in [0.2, 0.25) is 0 Å². The molecule has 1 aromatic carbocycles. The quantitative estimate of drug-likeness (QED) is 0.770. The number of hydrogen-bond donors (Lipinski definition) is 0. The number of rotatable bonds is 7.